The van der Waals surface area contributed by atoms with Gasteiger partial charge in [-0.1, -0.05) is 36.7 Å². The van der Waals surface area contributed by atoms with Crippen molar-refractivity contribution >= 4 is 17.4 Å². The molecule has 0 aliphatic carbocycles. The summed E-state index contributed by atoms with van der Waals surface area (Å²) in [5, 5.41) is 0.642. The van der Waals surface area contributed by atoms with Crippen LogP contribution < -0.4 is 4.74 Å². The first-order chi connectivity index (χ1) is 9.15. The van der Waals surface area contributed by atoms with Gasteiger partial charge in [-0.15, -0.1) is 0 Å². The zero-order chi connectivity index (χ0) is 13.8. The summed E-state index contributed by atoms with van der Waals surface area (Å²) in [6.45, 7) is 1.86. The molecule has 0 bridgehead atoms. The van der Waals surface area contributed by atoms with Crippen molar-refractivity contribution in [2.45, 2.75) is 13.3 Å². The minimum Gasteiger partial charge on any atom is -0.496 e. The maximum atomic E-state index is 11.8. The van der Waals surface area contributed by atoms with Gasteiger partial charge in [-0.05, 0) is 29.8 Å². The largest absolute Gasteiger partial charge is 0.496 e. The molecule has 2 rings (SSSR count). The lowest BCUT2D eigenvalue weighted by Crippen LogP contribution is -1.96. The van der Waals surface area contributed by atoms with Crippen LogP contribution in [0.5, 0.6) is 5.75 Å². The highest BCUT2D eigenvalue weighted by atomic mass is 35.5. The summed E-state index contributed by atoms with van der Waals surface area (Å²) in [4.78, 5) is 11.8. The van der Waals surface area contributed by atoms with Crippen LogP contribution in [0.1, 0.15) is 23.7 Å². The predicted octanol–water partition coefficient (Wildman–Crippen LogP) is 4.61. The van der Waals surface area contributed by atoms with Gasteiger partial charge in [-0.25, -0.2) is 0 Å². The molecule has 19 heavy (non-hydrogen) atoms. The van der Waals surface area contributed by atoms with E-state index in [1.807, 2.05) is 43.3 Å². The van der Waals surface area contributed by atoms with Crippen molar-refractivity contribution in [2.24, 2.45) is 0 Å². The highest BCUT2D eigenvalue weighted by Crippen LogP contribution is 2.32. The molecule has 2 nitrogen and oxygen atoms in total. The number of methoxy groups -OCH3 is 1. The van der Waals surface area contributed by atoms with Crippen molar-refractivity contribution in [3.05, 3.63) is 53.1 Å². The van der Waals surface area contributed by atoms with E-state index in [0.29, 0.717) is 17.0 Å². The fourth-order valence-electron chi connectivity index (χ4n) is 1.97. The van der Waals surface area contributed by atoms with Crippen LogP contribution in [0.15, 0.2) is 42.5 Å². The third-order valence-electron chi connectivity index (χ3n) is 2.98. The molecule has 0 aromatic heterocycles. The van der Waals surface area contributed by atoms with Crippen LogP contribution in [0.3, 0.4) is 0 Å². The Balaban J connectivity index is 2.52. The molecule has 0 heterocycles. The molecule has 0 spiro atoms. The minimum atomic E-state index is 0.128. The number of halogens is 1. The molecule has 2 aromatic rings. The SMILES string of the molecule is CCC(=O)c1cccc(-c2cc(Cl)ccc2OC)c1. The molecule has 0 fully saturated rings. The zero-order valence-electron chi connectivity index (χ0n) is 10.9. The number of ether oxygens (including phenoxy) is 1. The Kier molecular flexibility index (Phi) is 4.23. The second kappa shape index (κ2) is 5.89. The van der Waals surface area contributed by atoms with Crippen molar-refractivity contribution in [3.8, 4) is 16.9 Å². The molecule has 0 aliphatic heterocycles. The highest BCUT2D eigenvalue weighted by molar-refractivity contribution is 6.31. The quantitative estimate of drug-likeness (QED) is 0.761. The standard InChI is InChI=1S/C16H15ClO2/c1-3-15(18)12-6-4-5-11(9-12)14-10-13(17)7-8-16(14)19-2/h4-10H,3H2,1-2H3. The van der Waals surface area contributed by atoms with Crippen molar-refractivity contribution in [1.29, 1.82) is 0 Å². The fourth-order valence-corrected chi connectivity index (χ4v) is 2.14. The number of hydrogen-bond donors (Lipinski definition) is 0. The zero-order valence-corrected chi connectivity index (χ0v) is 11.7. The lowest BCUT2D eigenvalue weighted by Gasteiger charge is -2.10. The summed E-state index contributed by atoms with van der Waals surface area (Å²) in [6.07, 6.45) is 0.496. The molecule has 3 heteroatoms. The average Bonchev–Trinajstić information content (AvgIpc) is 2.46. The first-order valence-corrected chi connectivity index (χ1v) is 6.50. The molecule has 0 radical (unpaired) electrons. The number of hydrogen-bond acceptors (Lipinski definition) is 2. The summed E-state index contributed by atoms with van der Waals surface area (Å²) in [5.74, 6) is 0.869. The lowest BCUT2D eigenvalue weighted by molar-refractivity contribution is 0.0988. The Morgan fingerprint density at radius 1 is 1.21 bits per heavy atom. The van der Waals surface area contributed by atoms with Crippen LogP contribution in [0.2, 0.25) is 5.02 Å². The Morgan fingerprint density at radius 3 is 2.68 bits per heavy atom. The van der Waals surface area contributed by atoms with Gasteiger partial charge in [-0.3, -0.25) is 4.79 Å². The molecule has 0 aliphatic rings. The van der Waals surface area contributed by atoms with Crippen LogP contribution in [0.4, 0.5) is 0 Å². The van der Waals surface area contributed by atoms with Crippen molar-refractivity contribution in [2.75, 3.05) is 7.11 Å². The van der Waals surface area contributed by atoms with Crippen LogP contribution in [0, 0.1) is 0 Å². The maximum absolute atomic E-state index is 11.8. The molecule has 0 unspecified atom stereocenters. The Labute approximate surface area is 118 Å². The molecule has 2 aromatic carbocycles. The lowest BCUT2D eigenvalue weighted by atomic mass is 10.00. The molecule has 0 N–H and O–H groups in total. The maximum Gasteiger partial charge on any atom is 0.162 e. The number of benzene rings is 2. The predicted molar refractivity (Wildman–Crippen MR) is 78.1 cm³/mol. The van der Waals surface area contributed by atoms with E-state index in [2.05, 4.69) is 0 Å². The number of rotatable bonds is 4. The molecule has 0 saturated heterocycles. The van der Waals surface area contributed by atoms with Crippen LogP contribution in [-0.2, 0) is 0 Å². The van der Waals surface area contributed by atoms with E-state index in [4.69, 9.17) is 16.3 Å². The molecule has 0 saturated carbocycles. The second-order valence-electron chi connectivity index (χ2n) is 4.20. The Morgan fingerprint density at radius 2 is 2.00 bits per heavy atom. The summed E-state index contributed by atoms with van der Waals surface area (Å²) in [5.41, 5.74) is 2.53. The topological polar surface area (TPSA) is 26.3 Å². The Hall–Kier alpha value is -1.80. The molecule has 98 valence electrons. The monoisotopic (exact) mass is 274 g/mol. The van der Waals surface area contributed by atoms with E-state index in [1.165, 1.54) is 0 Å². The van der Waals surface area contributed by atoms with Crippen molar-refractivity contribution in [1.82, 2.24) is 0 Å². The number of carbonyl (C=O) groups is 1. The van der Waals surface area contributed by atoms with E-state index >= 15 is 0 Å². The van der Waals surface area contributed by atoms with Gasteiger partial charge in [0.2, 0.25) is 0 Å². The van der Waals surface area contributed by atoms with Gasteiger partial charge in [0.1, 0.15) is 5.75 Å². The van der Waals surface area contributed by atoms with Crippen LogP contribution in [0.25, 0.3) is 11.1 Å². The van der Waals surface area contributed by atoms with Gasteiger partial charge in [0.05, 0.1) is 7.11 Å². The summed E-state index contributed by atoms with van der Waals surface area (Å²) >= 11 is 6.03. The number of Topliss-reactive ketones (excluding diaryl/α,β-unsaturated/α-hetero) is 1. The summed E-state index contributed by atoms with van der Waals surface area (Å²) in [6, 6.07) is 13.0. The first kappa shape index (κ1) is 13.6. The first-order valence-electron chi connectivity index (χ1n) is 6.13. The van der Waals surface area contributed by atoms with Gasteiger partial charge in [0, 0.05) is 22.6 Å². The van der Waals surface area contributed by atoms with E-state index < -0.39 is 0 Å². The third kappa shape index (κ3) is 2.96. The van der Waals surface area contributed by atoms with Crippen molar-refractivity contribution in [3.63, 3.8) is 0 Å². The normalized spacial score (nSPS) is 10.3. The van der Waals surface area contributed by atoms with Crippen molar-refractivity contribution < 1.29 is 9.53 Å². The van der Waals surface area contributed by atoms with Gasteiger partial charge < -0.3 is 4.74 Å². The Bertz CT molecular complexity index is 605. The number of ketones is 1. The van der Waals surface area contributed by atoms with Gasteiger partial charge >= 0.3 is 0 Å². The van der Waals surface area contributed by atoms with E-state index in [-0.39, 0.29) is 5.78 Å². The number of carbonyl (C=O) groups excluding carboxylic acids is 1. The van der Waals surface area contributed by atoms with E-state index in [1.54, 1.807) is 13.2 Å². The minimum absolute atomic E-state index is 0.128. The van der Waals surface area contributed by atoms with E-state index in [0.717, 1.165) is 16.9 Å². The smallest absolute Gasteiger partial charge is 0.162 e. The molecule has 0 atom stereocenters. The van der Waals surface area contributed by atoms with Gasteiger partial charge in [0.25, 0.3) is 0 Å². The summed E-state index contributed by atoms with van der Waals surface area (Å²) in [7, 11) is 1.62. The fraction of sp³-hybridized carbons (Fsp3) is 0.188. The third-order valence-corrected chi connectivity index (χ3v) is 3.21. The molecule has 0 amide bonds. The van der Waals surface area contributed by atoms with E-state index in [9.17, 15) is 4.79 Å². The van der Waals surface area contributed by atoms with Crippen LogP contribution >= 0.6 is 11.6 Å². The molecular formula is C16H15ClO2. The molecular weight excluding hydrogens is 260 g/mol. The average molecular weight is 275 g/mol. The van der Waals surface area contributed by atoms with Gasteiger partial charge in [0.15, 0.2) is 5.78 Å². The highest BCUT2D eigenvalue weighted by Gasteiger charge is 2.09. The second-order valence-corrected chi connectivity index (χ2v) is 4.64. The van der Waals surface area contributed by atoms with Crippen LogP contribution in [-0.4, -0.2) is 12.9 Å². The summed E-state index contributed by atoms with van der Waals surface area (Å²) < 4.78 is 5.34. The van der Waals surface area contributed by atoms with Gasteiger partial charge in [-0.2, -0.15) is 0 Å².